The van der Waals surface area contributed by atoms with E-state index >= 15 is 0 Å². The van der Waals surface area contributed by atoms with Crippen LogP contribution in [0.15, 0.2) is 12.1 Å². The van der Waals surface area contributed by atoms with Gasteiger partial charge in [0.25, 0.3) is 11.8 Å². The molecule has 0 spiro atoms. The molecule has 0 bridgehead atoms. The summed E-state index contributed by atoms with van der Waals surface area (Å²) < 4.78 is 11.6. The Balaban J connectivity index is 1.51. The average molecular weight is 376 g/mol. The van der Waals surface area contributed by atoms with Gasteiger partial charge in [-0.15, -0.1) is 0 Å². The van der Waals surface area contributed by atoms with Crippen molar-refractivity contribution in [3.63, 3.8) is 0 Å². The highest BCUT2D eigenvalue weighted by Crippen LogP contribution is 2.35. The SMILES string of the molecule is CCOc1cc2c(cc1CNC(=O)C[NH+](C)CC(=O)NC1CC1)O[C@@H](C)C2. The summed E-state index contributed by atoms with van der Waals surface area (Å²) in [5, 5.41) is 5.87. The average Bonchev–Trinajstić information content (AvgIpc) is 3.31. The van der Waals surface area contributed by atoms with Crippen LogP contribution in [0.5, 0.6) is 11.5 Å². The smallest absolute Gasteiger partial charge is 0.275 e. The van der Waals surface area contributed by atoms with E-state index in [4.69, 9.17) is 9.47 Å². The first-order valence-corrected chi connectivity index (χ1v) is 9.77. The Morgan fingerprint density at radius 1 is 1.26 bits per heavy atom. The van der Waals surface area contributed by atoms with Crippen molar-refractivity contribution in [1.29, 1.82) is 0 Å². The van der Waals surface area contributed by atoms with Crippen LogP contribution >= 0.6 is 0 Å². The summed E-state index contributed by atoms with van der Waals surface area (Å²) in [6.45, 7) is 5.48. The molecule has 7 heteroatoms. The molecule has 1 heterocycles. The minimum atomic E-state index is -0.0936. The maximum absolute atomic E-state index is 12.3. The maximum Gasteiger partial charge on any atom is 0.275 e. The van der Waals surface area contributed by atoms with Gasteiger partial charge in [-0.1, -0.05) is 0 Å². The third-order valence-electron chi connectivity index (χ3n) is 4.72. The molecule has 3 N–H and O–H groups in total. The number of quaternary nitrogens is 1. The van der Waals surface area contributed by atoms with E-state index in [0.717, 1.165) is 46.8 Å². The van der Waals surface area contributed by atoms with Crippen LogP contribution in [0.1, 0.15) is 37.8 Å². The number of rotatable bonds is 9. The number of ether oxygens (including phenoxy) is 2. The van der Waals surface area contributed by atoms with Crippen LogP contribution < -0.4 is 25.0 Å². The molecule has 2 amide bonds. The van der Waals surface area contributed by atoms with Crippen LogP contribution in [0.3, 0.4) is 0 Å². The van der Waals surface area contributed by atoms with Crippen LogP contribution in [0.2, 0.25) is 0 Å². The maximum atomic E-state index is 12.3. The second-order valence-corrected chi connectivity index (χ2v) is 7.56. The van der Waals surface area contributed by atoms with E-state index in [1.165, 1.54) is 0 Å². The van der Waals surface area contributed by atoms with Gasteiger partial charge < -0.3 is 25.0 Å². The summed E-state index contributed by atoms with van der Waals surface area (Å²) >= 11 is 0. The van der Waals surface area contributed by atoms with Gasteiger partial charge in [-0.25, -0.2) is 0 Å². The normalized spacial score (nSPS) is 19.0. The number of carbonyl (C=O) groups is 2. The fraction of sp³-hybridized carbons (Fsp3) is 0.600. The van der Waals surface area contributed by atoms with Crippen molar-refractivity contribution in [3.8, 4) is 11.5 Å². The highest BCUT2D eigenvalue weighted by atomic mass is 16.5. The van der Waals surface area contributed by atoms with Gasteiger partial charge in [-0.2, -0.15) is 0 Å². The van der Waals surface area contributed by atoms with Gasteiger partial charge in [0, 0.05) is 30.1 Å². The minimum absolute atomic E-state index is 0.00585. The standard InChI is InChI=1S/C20H29N3O4/c1-4-26-17-8-14-7-13(2)27-18(14)9-15(17)10-21-19(24)11-23(3)12-20(25)22-16-5-6-16/h8-9,13,16H,4-7,10-12H2,1-3H3,(H,21,24)(H,22,25)/p+1/t13-/m0/s1. The lowest BCUT2D eigenvalue weighted by Gasteiger charge is -2.15. The molecule has 2 aliphatic rings. The van der Waals surface area contributed by atoms with Gasteiger partial charge in [0.05, 0.1) is 13.7 Å². The zero-order chi connectivity index (χ0) is 19.4. The predicted molar refractivity (Wildman–Crippen MR) is 101 cm³/mol. The Morgan fingerprint density at radius 3 is 2.70 bits per heavy atom. The van der Waals surface area contributed by atoms with E-state index in [0.29, 0.717) is 25.7 Å². The zero-order valence-corrected chi connectivity index (χ0v) is 16.4. The second kappa shape index (κ2) is 8.61. The molecular weight excluding hydrogens is 346 g/mol. The van der Waals surface area contributed by atoms with E-state index in [1.54, 1.807) is 0 Å². The lowest BCUT2D eigenvalue weighted by atomic mass is 10.1. The number of fused-ring (bicyclic) bond motifs is 1. The molecule has 1 fully saturated rings. The van der Waals surface area contributed by atoms with Crippen LogP contribution in [-0.4, -0.2) is 50.7 Å². The fourth-order valence-corrected chi connectivity index (χ4v) is 3.28. The molecule has 1 unspecified atom stereocenters. The van der Waals surface area contributed by atoms with Crippen molar-refractivity contribution < 1.29 is 24.0 Å². The van der Waals surface area contributed by atoms with Gasteiger partial charge in [-0.05, 0) is 38.8 Å². The highest BCUT2D eigenvalue weighted by Gasteiger charge is 2.25. The quantitative estimate of drug-likeness (QED) is 0.559. The van der Waals surface area contributed by atoms with Crippen LogP contribution in [0.25, 0.3) is 0 Å². The molecule has 3 rings (SSSR count). The molecule has 2 atom stereocenters. The Morgan fingerprint density at radius 2 is 2.00 bits per heavy atom. The minimum Gasteiger partial charge on any atom is -0.494 e. The number of hydrogen-bond donors (Lipinski definition) is 3. The number of amides is 2. The number of hydrogen-bond acceptors (Lipinski definition) is 4. The molecule has 1 aromatic carbocycles. The highest BCUT2D eigenvalue weighted by molar-refractivity contribution is 5.79. The van der Waals surface area contributed by atoms with Gasteiger partial charge in [0.2, 0.25) is 0 Å². The molecule has 1 saturated carbocycles. The first kappa shape index (κ1) is 19.5. The molecule has 27 heavy (non-hydrogen) atoms. The van der Waals surface area contributed by atoms with Crippen molar-refractivity contribution in [3.05, 3.63) is 23.3 Å². The number of benzene rings is 1. The summed E-state index contributed by atoms with van der Waals surface area (Å²) in [4.78, 5) is 24.9. The van der Waals surface area contributed by atoms with Crippen molar-refractivity contribution in [2.45, 2.75) is 51.8 Å². The molecule has 1 aromatic rings. The number of likely N-dealkylation sites (N-methyl/N-ethyl adjacent to an activating group) is 1. The summed E-state index contributed by atoms with van der Waals surface area (Å²) in [6.07, 6.45) is 3.17. The predicted octanol–water partition coefficient (Wildman–Crippen LogP) is -0.182. The summed E-state index contributed by atoms with van der Waals surface area (Å²) in [7, 11) is 1.85. The van der Waals surface area contributed by atoms with E-state index in [2.05, 4.69) is 10.6 Å². The van der Waals surface area contributed by atoms with Crippen molar-refractivity contribution in [2.75, 3.05) is 26.7 Å². The summed E-state index contributed by atoms with van der Waals surface area (Å²) in [5.41, 5.74) is 2.05. The Bertz CT molecular complexity index is 703. The third kappa shape index (κ3) is 5.60. The molecule has 1 aliphatic carbocycles. The summed E-state index contributed by atoms with van der Waals surface area (Å²) in [5.74, 6) is 1.57. The lowest BCUT2D eigenvalue weighted by Crippen LogP contribution is -3.11. The van der Waals surface area contributed by atoms with Crippen molar-refractivity contribution in [1.82, 2.24) is 10.6 Å². The molecule has 148 valence electrons. The lowest BCUT2D eigenvalue weighted by molar-refractivity contribution is -0.862. The van der Waals surface area contributed by atoms with Crippen LogP contribution in [0, 0.1) is 0 Å². The Kier molecular flexibility index (Phi) is 6.21. The second-order valence-electron chi connectivity index (χ2n) is 7.56. The third-order valence-corrected chi connectivity index (χ3v) is 4.72. The fourth-order valence-electron chi connectivity index (χ4n) is 3.28. The first-order chi connectivity index (χ1) is 12.9. The van der Waals surface area contributed by atoms with E-state index in [-0.39, 0.29) is 24.5 Å². The van der Waals surface area contributed by atoms with E-state index in [9.17, 15) is 9.59 Å². The van der Waals surface area contributed by atoms with E-state index in [1.807, 2.05) is 33.0 Å². The first-order valence-electron chi connectivity index (χ1n) is 9.77. The monoisotopic (exact) mass is 376 g/mol. The van der Waals surface area contributed by atoms with Gasteiger partial charge >= 0.3 is 0 Å². The molecule has 1 aliphatic heterocycles. The van der Waals surface area contributed by atoms with Crippen LogP contribution in [-0.2, 0) is 22.6 Å². The van der Waals surface area contributed by atoms with E-state index < -0.39 is 0 Å². The molecular formula is C20H30N3O4+. The number of carbonyl (C=O) groups excluding carboxylic acids is 2. The van der Waals surface area contributed by atoms with Gasteiger partial charge in [-0.3, -0.25) is 9.59 Å². The Labute approximate surface area is 160 Å². The van der Waals surface area contributed by atoms with Gasteiger partial charge in [0.1, 0.15) is 17.6 Å². The van der Waals surface area contributed by atoms with Crippen LogP contribution in [0.4, 0.5) is 0 Å². The van der Waals surface area contributed by atoms with Gasteiger partial charge in [0.15, 0.2) is 13.1 Å². The largest absolute Gasteiger partial charge is 0.494 e. The Hall–Kier alpha value is -2.28. The molecule has 0 saturated heterocycles. The zero-order valence-electron chi connectivity index (χ0n) is 16.4. The van der Waals surface area contributed by atoms with Crippen molar-refractivity contribution >= 4 is 11.8 Å². The molecule has 7 nitrogen and oxygen atoms in total. The molecule has 0 aromatic heterocycles. The topological polar surface area (TPSA) is 81.1 Å². The summed E-state index contributed by atoms with van der Waals surface area (Å²) in [6, 6.07) is 4.33. The number of nitrogens with one attached hydrogen (secondary N) is 3. The van der Waals surface area contributed by atoms with Crippen molar-refractivity contribution in [2.24, 2.45) is 0 Å². The molecule has 0 radical (unpaired) electrons.